The van der Waals surface area contributed by atoms with E-state index in [1.165, 1.54) is 35.2 Å². The van der Waals surface area contributed by atoms with Crippen molar-refractivity contribution in [3.05, 3.63) is 102 Å². The van der Waals surface area contributed by atoms with Gasteiger partial charge in [0.2, 0.25) is 16.9 Å². The van der Waals surface area contributed by atoms with E-state index in [2.05, 4.69) is 26.3 Å². The third-order valence-corrected chi connectivity index (χ3v) is 7.02. The molecule has 1 atom stereocenters. The molecule has 1 amide bonds. The van der Waals surface area contributed by atoms with Crippen LogP contribution in [0.2, 0.25) is 0 Å². The summed E-state index contributed by atoms with van der Waals surface area (Å²) in [5.41, 5.74) is 3.36. The molecule has 0 radical (unpaired) electrons. The number of halogens is 1. The molecule has 0 aliphatic carbocycles. The van der Waals surface area contributed by atoms with Crippen molar-refractivity contribution >= 4 is 27.9 Å². The minimum absolute atomic E-state index is 0.143. The van der Waals surface area contributed by atoms with Gasteiger partial charge in [-0.3, -0.25) is 9.69 Å². The minimum atomic E-state index is -0.380. The number of rotatable bonds is 9. The van der Waals surface area contributed by atoms with Gasteiger partial charge in [-0.25, -0.2) is 14.4 Å². The molecule has 1 aliphatic rings. The molecule has 0 spiro atoms. The van der Waals surface area contributed by atoms with Gasteiger partial charge in [-0.05, 0) is 48.2 Å². The fourth-order valence-electron chi connectivity index (χ4n) is 4.07. The number of hydrogen-bond donors (Lipinski definition) is 1. The number of amides is 1. The Morgan fingerprint density at radius 3 is 2.71 bits per heavy atom. The van der Waals surface area contributed by atoms with Crippen molar-refractivity contribution in [2.75, 3.05) is 18.4 Å². The lowest BCUT2D eigenvalue weighted by molar-refractivity contribution is -0.120. The maximum atomic E-state index is 13.4. The summed E-state index contributed by atoms with van der Waals surface area (Å²) in [7, 11) is 0. The molecule has 5 rings (SSSR count). The maximum absolute atomic E-state index is 13.4. The third kappa shape index (κ3) is 6.62. The average Bonchev–Trinajstić information content (AvgIpc) is 3.39. The Morgan fingerprint density at radius 1 is 1.11 bits per heavy atom. The molecule has 9 heteroatoms. The molecule has 1 N–H and O–H groups in total. The van der Waals surface area contributed by atoms with Crippen LogP contribution in [0.1, 0.15) is 24.5 Å². The van der Waals surface area contributed by atoms with Gasteiger partial charge in [0.15, 0.2) is 5.13 Å². The first-order valence-corrected chi connectivity index (χ1v) is 13.1. The van der Waals surface area contributed by atoms with Crippen molar-refractivity contribution in [3.63, 3.8) is 0 Å². The fraction of sp³-hybridized carbons (Fsp3) is 0.207. The molecule has 1 unspecified atom stereocenters. The van der Waals surface area contributed by atoms with E-state index in [4.69, 9.17) is 9.47 Å². The van der Waals surface area contributed by atoms with Gasteiger partial charge in [0.1, 0.15) is 18.2 Å². The molecular formula is C29H27FN4O3S. The van der Waals surface area contributed by atoms with E-state index in [-0.39, 0.29) is 17.8 Å². The molecule has 2 aromatic carbocycles. The fourth-order valence-corrected chi connectivity index (χ4v) is 4.76. The molecule has 4 aromatic rings. The molecule has 0 fully saturated rings. The minimum Gasteiger partial charge on any atom is -0.473 e. The van der Waals surface area contributed by atoms with E-state index in [0.29, 0.717) is 35.0 Å². The first-order chi connectivity index (χ1) is 18.5. The molecule has 2 aromatic heterocycles. The van der Waals surface area contributed by atoms with Crippen LogP contribution in [0.5, 0.6) is 16.7 Å². The Hall–Kier alpha value is -4.08. The van der Waals surface area contributed by atoms with Crippen molar-refractivity contribution in [3.8, 4) is 16.7 Å². The summed E-state index contributed by atoms with van der Waals surface area (Å²) in [4.78, 5) is 23.6. The van der Waals surface area contributed by atoms with Crippen molar-refractivity contribution in [1.82, 2.24) is 14.9 Å². The number of benzene rings is 2. The van der Waals surface area contributed by atoms with Crippen molar-refractivity contribution < 1.29 is 18.7 Å². The number of ether oxygens (including phenoxy) is 2. The second kappa shape index (κ2) is 12.0. The number of aromatic nitrogens is 2. The van der Waals surface area contributed by atoms with Crippen LogP contribution in [0.4, 0.5) is 9.52 Å². The van der Waals surface area contributed by atoms with Gasteiger partial charge in [-0.2, -0.15) is 0 Å². The number of carbonyl (C=O) groups excluding carboxylic acids is 1. The van der Waals surface area contributed by atoms with E-state index in [9.17, 15) is 9.18 Å². The standard InChI is InChI=1S/C29H27FN4O3S/c1-20(28(35)33-29-32-18-27(38-29)37-25-9-5-8-24(30)16-25)34-14-12-22(13-15-34)23-10-11-26(31-17-23)36-19-21-6-3-2-4-7-21/h2-12,16-18,20H,13-15,19H2,1H3,(H,32,33,35). The third-order valence-electron chi connectivity index (χ3n) is 6.23. The van der Waals surface area contributed by atoms with Gasteiger partial charge in [0, 0.05) is 31.4 Å². The van der Waals surface area contributed by atoms with Gasteiger partial charge < -0.3 is 14.8 Å². The van der Waals surface area contributed by atoms with E-state index in [1.54, 1.807) is 12.1 Å². The van der Waals surface area contributed by atoms with Crippen LogP contribution >= 0.6 is 11.3 Å². The zero-order valence-corrected chi connectivity index (χ0v) is 21.7. The monoisotopic (exact) mass is 530 g/mol. The van der Waals surface area contributed by atoms with Gasteiger partial charge in [-0.1, -0.05) is 53.8 Å². The quantitative estimate of drug-likeness (QED) is 0.279. The number of carbonyl (C=O) groups is 1. The summed E-state index contributed by atoms with van der Waals surface area (Å²) in [5.74, 6) is 0.442. The zero-order valence-electron chi connectivity index (χ0n) is 20.8. The van der Waals surface area contributed by atoms with E-state index >= 15 is 0 Å². The summed E-state index contributed by atoms with van der Waals surface area (Å²) in [6.07, 6.45) is 6.30. The van der Waals surface area contributed by atoms with Crippen LogP contribution in [0.25, 0.3) is 5.57 Å². The van der Waals surface area contributed by atoms with Crippen LogP contribution in [0, 0.1) is 5.82 Å². The van der Waals surface area contributed by atoms with Gasteiger partial charge in [-0.15, -0.1) is 0 Å². The molecule has 3 heterocycles. The van der Waals surface area contributed by atoms with E-state index in [1.807, 2.05) is 55.6 Å². The largest absolute Gasteiger partial charge is 0.473 e. The maximum Gasteiger partial charge on any atom is 0.243 e. The van der Waals surface area contributed by atoms with Crippen LogP contribution in [-0.2, 0) is 11.4 Å². The lowest BCUT2D eigenvalue weighted by Crippen LogP contribution is -2.44. The Morgan fingerprint density at radius 2 is 1.97 bits per heavy atom. The SMILES string of the molecule is CC(C(=O)Nc1ncc(Oc2cccc(F)c2)s1)N1CC=C(c2ccc(OCc3ccccc3)nc2)CC1. The van der Waals surface area contributed by atoms with Crippen LogP contribution in [-0.4, -0.2) is 39.9 Å². The summed E-state index contributed by atoms with van der Waals surface area (Å²) in [6.45, 7) is 3.76. The van der Waals surface area contributed by atoms with Gasteiger partial charge in [0.05, 0.1) is 12.2 Å². The second-order valence-corrected chi connectivity index (χ2v) is 9.84. The van der Waals surface area contributed by atoms with Gasteiger partial charge >= 0.3 is 0 Å². The number of hydrogen-bond acceptors (Lipinski definition) is 7. The van der Waals surface area contributed by atoms with Gasteiger partial charge in [0.25, 0.3) is 0 Å². The van der Waals surface area contributed by atoms with E-state index < -0.39 is 0 Å². The Bertz CT molecular complexity index is 1410. The van der Waals surface area contributed by atoms with E-state index in [0.717, 1.165) is 24.1 Å². The number of pyridine rings is 1. The van der Waals surface area contributed by atoms with Crippen LogP contribution < -0.4 is 14.8 Å². The molecule has 1 aliphatic heterocycles. The normalized spacial score (nSPS) is 14.4. The topological polar surface area (TPSA) is 76.6 Å². The summed E-state index contributed by atoms with van der Waals surface area (Å²) >= 11 is 1.19. The van der Waals surface area contributed by atoms with Crippen molar-refractivity contribution in [1.29, 1.82) is 0 Å². The van der Waals surface area contributed by atoms with Crippen molar-refractivity contribution in [2.24, 2.45) is 0 Å². The number of nitrogens with one attached hydrogen (secondary N) is 1. The lowest BCUT2D eigenvalue weighted by Gasteiger charge is -2.30. The first-order valence-electron chi connectivity index (χ1n) is 12.3. The summed E-state index contributed by atoms with van der Waals surface area (Å²) < 4.78 is 24.8. The molecular weight excluding hydrogens is 503 g/mol. The zero-order chi connectivity index (χ0) is 26.3. The smallest absolute Gasteiger partial charge is 0.243 e. The lowest BCUT2D eigenvalue weighted by atomic mass is 10.00. The number of anilines is 1. The molecule has 0 bridgehead atoms. The Kier molecular flexibility index (Phi) is 8.06. The summed E-state index contributed by atoms with van der Waals surface area (Å²) in [6, 6.07) is 19.4. The van der Waals surface area contributed by atoms with Crippen LogP contribution in [0.15, 0.2) is 85.2 Å². The van der Waals surface area contributed by atoms with Crippen LogP contribution in [0.3, 0.4) is 0 Å². The predicted molar refractivity (Wildman–Crippen MR) is 146 cm³/mol. The Balaban J connectivity index is 1.11. The molecule has 194 valence electrons. The number of thiazole rings is 1. The second-order valence-electron chi connectivity index (χ2n) is 8.84. The average molecular weight is 531 g/mol. The summed E-state index contributed by atoms with van der Waals surface area (Å²) in [5, 5.41) is 3.76. The van der Waals surface area contributed by atoms with Crippen molar-refractivity contribution in [2.45, 2.75) is 26.0 Å². The molecule has 0 saturated carbocycles. The highest BCUT2D eigenvalue weighted by Crippen LogP contribution is 2.31. The first kappa shape index (κ1) is 25.6. The molecule has 7 nitrogen and oxygen atoms in total. The highest BCUT2D eigenvalue weighted by Gasteiger charge is 2.24. The highest BCUT2D eigenvalue weighted by molar-refractivity contribution is 7.17. The molecule has 0 saturated heterocycles. The predicted octanol–water partition coefficient (Wildman–Crippen LogP) is 6.16. The highest BCUT2D eigenvalue weighted by atomic mass is 32.1. The Labute approximate surface area is 224 Å². The molecule has 38 heavy (non-hydrogen) atoms. The number of nitrogens with zero attached hydrogens (tertiary/aromatic N) is 3.